The predicted octanol–water partition coefficient (Wildman–Crippen LogP) is 6.58. The third-order valence-corrected chi connectivity index (χ3v) is 9.63. The fraction of sp³-hybridized carbons (Fsp3) is 0.235. The number of halogens is 2. The Morgan fingerprint density at radius 1 is 0.864 bits per heavy atom. The first-order valence-corrected chi connectivity index (χ1v) is 16.4. The van der Waals surface area contributed by atoms with Gasteiger partial charge in [0.2, 0.25) is 11.8 Å². The molecule has 0 saturated carbocycles. The van der Waals surface area contributed by atoms with Gasteiger partial charge in [0.1, 0.15) is 12.6 Å². The second-order valence-electron chi connectivity index (χ2n) is 10.5. The number of hydrogen-bond donors (Lipinski definition) is 1. The van der Waals surface area contributed by atoms with Crippen molar-refractivity contribution in [2.75, 3.05) is 17.4 Å². The highest BCUT2D eigenvalue weighted by Gasteiger charge is 2.35. The number of rotatable bonds is 12. The summed E-state index contributed by atoms with van der Waals surface area (Å²) in [7, 11) is -4.23. The van der Waals surface area contributed by atoms with Crippen molar-refractivity contribution in [1.82, 2.24) is 10.2 Å². The van der Waals surface area contributed by atoms with Crippen LogP contribution >= 0.6 is 23.2 Å². The Balaban J connectivity index is 1.83. The molecule has 0 aliphatic rings. The molecule has 1 N–H and O–H groups in total. The molecule has 0 unspecified atom stereocenters. The van der Waals surface area contributed by atoms with Gasteiger partial charge in [-0.25, -0.2) is 8.42 Å². The van der Waals surface area contributed by atoms with Gasteiger partial charge in [-0.2, -0.15) is 0 Å². The number of hydrogen-bond acceptors (Lipinski definition) is 4. The van der Waals surface area contributed by atoms with Gasteiger partial charge < -0.3 is 10.2 Å². The van der Waals surface area contributed by atoms with Gasteiger partial charge >= 0.3 is 0 Å². The molecule has 0 heterocycles. The molecule has 0 aromatic heterocycles. The highest BCUT2D eigenvalue weighted by Crippen LogP contribution is 2.30. The minimum Gasteiger partial charge on any atom is -0.355 e. The van der Waals surface area contributed by atoms with Crippen LogP contribution in [0.1, 0.15) is 29.2 Å². The molecule has 2 amide bonds. The molecule has 4 rings (SSSR count). The molecule has 4 aromatic rings. The van der Waals surface area contributed by atoms with Gasteiger partial charge in [0, 0.05) is 29.6 Å². The zero-order valence-corrected chi connectivity index (χ0v) is 27.2. The Morgan fingerprint density at radius 2 is 1.52 bits per heavy atom. The summed E-state index contributed by atoms with van der Waals surface area (Å²) in [5.41, 5.74) is 3.23. The number of aryl methyl sites for hydroxylation is 2. The monoisotopic (exact) mass is 651 g/mol. The number of carbonyl (C=O) groups excluding carboxylic acids is 2. The van der Waals surface area contributed by atoms with Crippen molar-refractivity contribution in [3.63, 3.8) is 0 Å². The zero-order valence-electron chi connectivity index (χ0n) is 24.8. The Morgan fingerprint density at radius 3 is 2.18 bits per heavy atom. The number of sulfonamides is 1. The van der Waals surface area contributed by atoms with Crippen LogP contribution in [0.4, 0.5) is 5.69 Å². The molecule has 1 atom stereocenters. The number of benzene rings is 4. The van der Waals surface area contributed by atoms with Crippen LogP contribution < -0.4 is 9.62 Å². The van der Waals surface area contributed by atoms with E-state index in [0.29, 0.717) is 27.7 Å². The topological polar surface area (TPSA) is 86.8 Å². The van der Waals surface area contributed by atoms with Crippen LogP contribution in [0.25, 0.3) is 0 Å². The average Bonchev–Trinajstić information content (AvgIpc) is 3.00. The molecule has 0 fully saturated rings. The van der Waals surface area contributed by atoms with E-state index in [1.165, 1.54) is 23.1 Å². The third-order valence-electron chi connectivity index (χ3n) is 7.25. The quantitative estimate of drug-likeness (QED) is 0.187. The van der Waals surface area contributed by atoms with Crippen molar-refractivity contribution in [2.45, 2.75) is 44.7 Å². The lowest BCUT2D eigenvalue weighted by molar-refractivity contribution is -0.140. The minimum absolute atomic E-state index is 0.0138. The van der Waals surface area contributed by atoms with Crippen LogP contribution in [-0.4, -0.2) is 44.3 Å². The molecule has 0 bridgehead atoms. The van der Waals surface area contributed by atoms with E-state index >= 15 is 0 Å². The van der Waals surface area contributed by atoms with Gasteiger partial charge in [-0.3, -0.25) is 13.9 Å². The Bertz CT molecular complexity index is 1710. The highest BCUT2D eigenvalue weighted by atomic mass is 35.5. The van der Waals surface area contributed by atoms with Gasteiger partial charge in [0.25, 0.3) is 10.0 Å². The molecule has 0 spiro atoms. The molecule has 0 aliphatic heterocycles. The molecular formula is C34H35Cl2N3O4S. The van der Waals surface area contributed by atoms with Crippen molar-refractivity contribution < 1.29 is 18.0 Å². The van der Waals surface area contributed by atoms with Crippen molar-refractivity contribution in [3.8, 4) is 0 Å². The van der Waals surface area contributed by atoms with Crippen LogP contribution in [-0.2, 0) is 32.6 Å². The number of anilines is 1. The minimum atomic E-state index is -4.23. The van der Waals surface area contributed by atoms with E-state index < -0.39 is 28.5 Å². The summed E-state index contributed by atoms with van der Waals surface area (Å²) in [5, 5.41) is 3.59. The number of carbonyl (C=O) groups is 2. The molecule has 230 valence electrons. The summed E-state index contributed by atoms with van der Waals surface area (Å²) in [4.78, 5) is 29.5. The van der Waals surface area contributed by atoms with Crippen molar-refractivity contribution >= 4 is 50.7 Å². The number of nitrogens with one attached hydrogen (secondary N) is 1. The molecule has 44 heavy (non-hydrogen) atoms. The molecule has 4 aromatic carbocycles. The highest BCUT2D eigenvalue weighted by molar-refractivity contribution is 7.92. The van der Waals surface area contributed by atoms with Gasteiger partial charge in [0.15, 0.2) is 0 Å². The Hall–Kier alpha value is -3.85. The van der Waals surface area contributed by atoms with E-state index in [9.17, 15) is 18.0 Å². The fourth-order valence-corrected chi connectivity index (χ4v) is 6.69. The SMILES string of the molecule is CCNC(=O)[C@H](Cc1ccccc1)N(Cc1ccccc1Cl)C(=O)CN(c1cc(Cl)ccc1C)S(=O)(=O)c1ccc(C)cc1. The summed E-state index contributed by atoms with van der Waals surface area (Å²) in [6, 6.07) is 26.8. The third kappa shape index (κ3) is 8.00. The van der Waals surface area contributed by atoms with Crippen LogP contribution in [0.15, 0.2) is 102 Å². The molecular weight excluding hydrogens is 617 g/mol. The molecule has 7 nitrogen and oxygen atoms in total. The summed E-state index contributed by atoms with van der Waals surface area (Å²) in [6.45, 7) is 5.18. The van der Waals surface area contributed by atoms with Crippen LogP contribution in [0.2, 0.25) is 10.0 Å². The summed E-state index contributed by atoms with van der Waals surface area (Å²) >= 11 is 12.9. The van der Waals surface area contributed by atoms with E-state index in [1.807, 2.05) is 37.3 Å². The van der Waals surface area contributed by atoms with Crippen LogP contribution in [0, 0.1) is 13.8 Å². The van der Waals surface area contributed by atoms with Crippen molar-refractivity contribution in [3.05, 3.63) is 129 Å². The number of likely N-dealkylation sites (N-methyl/N-ethyl adjacent to an activating group) is 1. The maximum atomic E-state index is 14.5. The van der Waals surface area contributed by atoms with E-state index in [1.54, 1.807) is 62.4 Å². The standard InChI is InChI=1S/C34H35Cl2N3O4S/c1-4-37-34(41)32(20-26-10-6-5-7-11-26)38(22-27-12-8-9-13-30(27)36)33(40)23-39(31-21-28(35)17-16-25(31)3)44(42,43)29-18-14-24(2)15-19-29/h5-19,21,32H,4,20,22-23H2,1-3H3,(H,37,41)/t32-/m0/s1. The fourth-order valence-electron chi connectivity index (χ4n) is 4.86. The van der Waals surface area contributed by atoms with Crippen molar-refractivity contribution in [2.24, 2.45) is 0 Å². The van der Waals surface area contributed by atoms with E-state index in [0.717, 1.165) is 15.4 Å². The van der Waals surface area contributed by atoms with Crippen molar-refractivity contribution in [1.29, 1.82) is 0 Å². The Kier molecular flexibility index (Phi) is 11.1. The normalized spacial score (nSPS) is 11.9. The largest absolute Gasteiger partial charge is 0.355 e. The van der Waals surface area contributed by atoms with E-state index in [2.05, 4.69) is 5.32 Å². The predicted molar refractivity (Wildman–Crippen MR) is 177 cm³/mol. The van der Waals surface area contributed by atoms with Crippen LogP contribution in [0.5, 0.6) is 0 Å². The van der Waals surface area contributed by atoms with Crippen LogP contribution in [0.3, 0.4) is 0 Å². The average molecular weight is 653 g/mol. The lowest BCUT2D eigenvalue weighted by Gasteiger charge is -2.34. The Labute approximate surface area is 269 Å². The number of nitrogens with zero attached hydrogens (tertiary/aromatic N) is 2. The lowest BCUT2D eigenvalue weighted by atomic mass is 10.0. The summed E-state index contributed by atoms with van der Waals surface area (Å²) in [5.74, 6) is -0.934. The van der Waals surface area contributed by atoms with Gasteiger partial charge in [-0.1, -0.05) is 95.5 Å². The summed E-state index contributed by atoms with van der Waals surface area (Å²) in [6.07, 6.45) is 0.212. The maximum Gasteiger partial charge on any atom is 0.264 e. The van der Waals surface area contributed by atoms with Gasteiger partial charge in [-0.05, 0) is 67.8 Å². The number of amides is 2. The first-order chi connectivity index (χ1) is 21.0. The van der Waals surface area contributed by atoms with Gasteiger partial charge in [0.05, 0.1) is 10.6 Å². The lowest BCUT2D eigenvalue weighted by Crippen LogP contribution is -2.53. The molecule has 0 radical (unpaired) electrons. The first kappa shape index (κ1) is 33.1. The molecule has 10 heteroatoms. The second kappa shape index (κ2) is 14.8. The molecule has 0 aliphatic carbocycles. The second-order valence-corrected chi connectivity index (χ2v) is 13.2. The summed E-state index contributed by atoms with van der Waals surface area (Å²) < 4.78 is 29.4. The van der Waals surface area contributed by atoms with E-state index in [4.69, 9.17) is 23.2 Å². The van der Waals surface area contributed by atoms with E-state index in [-0.39, 0.29) is 29.5 Å². The first-order valence-electron chi connectivity index (χ1n) is 14.2. The smallest absolute Gasteiger partial charge is 0.264 e. The maximum absolute atomic E-state index is 14.5. The molecule has 0 saturated heterocycles. The van der Waals surface area contributed by atoms with Gasteiger partial charge in [-0.15, -0.1) is 0 Å². The zero-order chi connectivity index (χ0) is 31.9.